The van der Waals surface area contributed by atoms with Crippen molar-refractivity contribution in [1.29, 1.82) is 0 Å². The zero-order valence-corrected chi connectivity index (χ0v) is 26.2. The van der Waals surface area contributed by atoms with Crippen LogP contribution in [-0.4, -0.2) is 27.6 Å². The summed E-state index contributed by atoms with van der Waals surface area (Å²) in [5.74, 6) is -0.595. The number of hydrogen-bond donors (Lipinski definition) is 1. The topological polar surface area (TPSA) is 106 Å². The maximum absolute atomic E-state index is 13.7. The first-order valence-corrected chi connectivity index (χ1v) is 15.4. The van der Waals surface area contributed by atoms with Crippen molar-refractivity contribution < 1.29 is 29.0 Å². The number of nitrogens with zero attached hydrogens (tertiary/aromatic N) is 2. The second-order valence-corrected chi connectivity index (χ2v) is 11.8. The normalized spacial score (nSPS) is 15.6. The Kier molecular flexibility index (Phi) is 8.50. The second kappa shape index (κ2) is 12.8. The number of thiazole rings is 1. The van der Waals surface area contributed by atoms with Crippen LogP contribution in [0, 0.1) is 13.8 Å². The van der Waals surface area contributed by atoms with Gasteiger partial charge in [-0.1, -0.05) is 65.9 Å². The maximum Gasteiger partial charge on any atom is 0.301 e. The average Bonchev–Trinajstić information content (AvgIpc) is 3.57. The molecule has 1 unspecified atom stereocenters. The van der Waals surface area contributed by atoms with Crippen molar-refractivity contribution in [1.82, 2.24) is 4.98 Å². The zero-order valence-electron chi connectivity index (χ0n) is 25.4. The average molecular weight is 631 g/mol. The summed E-state index contributed by atoms with van der Waals surface area (Å²) in [4.78, 5) is 45.7. The molecule has 5 aromatic rings. The molecule has 1 N–H and O–H groups in total. The first-order chi connectivity index (χ1) is 22.2. The van der Waals surface area contributed by atoms with E-state index < -0.39 is 17.7 Å². The number of aromatic nitrogens is 1. The van der Waals surface area contributed by atoms with Crippen molar-refractivity contribution in [3.05, 3.63) is 142 Å². The Morgan fingerprint density at radius 1 is 0.870 bits per heavy atom. The quantitative estimate of drug-likeness (QED) is 0.0762. The fourth-order valence-electron chi connectivity index (χ4n) is 5.33. The number of benzene rings is 4. The van der Waals surface area contributed by atoms with E-state index in [0.717, 1.165) is 22.5 Å². The monoisotopic (exact) mass is 630 g/mol. The Bertz CT molecular complexity index is 1980. The fraction of sp³-hybridized carbons (Fsp3) is 0.135. The van der Waals surface area contributed by atoms with Crippen molar-refractivity contribution in [2.24, 2.45) is 0 Å². The molecule has 1 aliphatic heterocycles. The fourth-order valence-corrected chi connectivity index (χ4v) is 6.32. The number of aryl methyl sites for hydroxylation is 2. The van der Waals surface area contributed by atoms with E-state index in [2.05, 4.69) is 4.98 Å². The molecule has 9 heteroatoms. The molecule has 0 bridgehead atoms. The minimum atomic E-state index is -1.04. The van der Waals surface area contributed by atoms with E-state index in [0.29, 0.717) is 45.6 Å². The molecule has 6 rings (SSSR count). The van der Waals surface area contributed by atoms with E-state index in [1.165, 1.54) is 11.8 Å². The van der Waals surface area contributed by atoms with Crippen LogP contribution in [0.15, 0.2) is 109 Å². The Labute approximate surface area is 270 Å². The van der Waals surface area contributed by atoms with Gasteiger partial charge in [0.15, 0.2) is 10.9 Å². The number of rotatable bonds is 9. The summed E-state index contributed by atoms with van der Waals surface area (Å²) in [6.45, 7) is 5.50. The lowest BCUT2D eigenvalue weighted by Crippen LogP contribution is -2.29. The highest BCUT2D eigenvalue weighted by Crippen LogP contribution is 2.44. The summed E-state index contributed by atoms with van der Waals surface area (Å²) < 4.78 is 12.0. The summed E-state index contributed by atoms with van der Waals surface area (Å²) >= 11 is 1.03. The van der Waals surface area contributed by atoms with Crippen molar-refractivity contribution in [3.63, 3.8) is 0 Å². The third-order valence-electron chi connectivity index (χ3n) is 7.69. The molecule has 8 nitrogen and oxygen atoms in total. The molecule has 1 amide bonds. The van der Waals surface area contributed by atoms with Gasteiger partial charge in [-0.2, -0.15) is 0 Å². The molecule has 46 heavy (non-hydrogen) atoms. The van der Waals surface area contributed by atoms with E-state index in [4.69, 9.17) is 9.47 Å². The van der Waals surface area contributed by atoms with Gasteiger partial charge in [-0.25, -0.2) is 4.98 Å². The van der Waals surface area contributed by atoms with E-state index in [1.54, 1.807) is 55.5 Å². The summed E-state index contributed by atoms with van der Waals surface area (Å²) in [6, 6.07) is 29.8. The van der Waals surface area contributed by atoms with Crippen LogP contribution in [0.1, 0.15) is 50.6 Å². The molecule has 0 aliphatic carbocycles. The SMILES string of the molecule is CC(=O)c1sc(N2C(=O)C(=O)C(=C(O)c3ccc(OCc4ccccc4C)cc3)C2c2cccc(Oc3ccccc3)c2)nc1C. The number of Topliss-reactive ketones (excluding diaryl/α,β-unsaturated/α-hetero) is 2. The summed E-state index contributed by atoms with van der Waals surface area (Å²) in [6.07, 6.45) is 0. The number of amides is 1. The summed E-state index contributed by atoms with van der Waals surface area (Å²) in [5, 5.41) is 11.8. The molecule has 1 aliphatic rings. The molecule has 2 heterocycles. The largest absolute Gasteiger partial charge is 0.507 e. The highest BCUT2D eigenvalue weighted by Gasteiger charge is 2.48. The van der Waals surface area contributed by atoms with Gasteiger partial charge in [-0.05, 0) is 79.1 Å². The number of hydrogen-bond acceptors (Lipinski definition) is 8. The molecule has 0 radical (unpaired) electrons. The van der Waals surface area contributed by atoms with E-state index >= 15 is 0 Å². The summed E-state index contributed by atoms with van der Waals surface area (Å²) in [5.41, 5.74) is 3.37. The molecule has 1 fully saturated rings. The van der Waals surface area contributed by atoms with Crippen LogP contribution < -0.4 is 14.4 Å². The third-order valence-corrected chi connectivity index (χ3v) is 8.95. The van der Waals surface area contributed by atoms with Crippen molar-refractivity contribution >= 4 is 39.7 Å². The number of para-hydroxylation sites is 1. The van der Waals surface area contributed by atoms with Gasteiger partial charge in [0.25, 0.3) is 5.78 Å². The minimum Gasteiger partial charge on any atom is -0.507 e. The third kappa shape index (κ3) is 6.05. The van der Waals surface area contributed by atoms with Crippen LogP contribution in [0.5, 0.6) is 17.2 Å². The first kappa shape index (κ1) is 30.5. The van der Waals surface area contributed by atoms with Crippen LogP contribution in [0.3, 0.4) is 0 Å². The second-order valence-electron chi connectivity index (χ2n) is 10.9. The van der Waals surface area contributed by atoms with Crippen molar-refractivity contribution in [2.45, 2.75) is 33.4 Å². The minimum absolute atomic E-state index is 0.104. The first-order valence-electron chi connectivity index (χ1n) is 14.6. The van der Waals surface area contributed by atoms with Crippen LogP contribution in [0.2, 0.25) is 0 Å². The Morgan fingerprint density at radius 2 is 1.57 bits per heavy atom. The Balaban J connectivity index is 1.40. The number of carbonyl (C=O) groups is 3. The number of aliphatic hydroxyl groups excluding tert-OH is 1. The summed E-state index contributed by atoms with van der Waals surface area (Å²) in [7, 11) is 0. The van der Waals surface area contributed by atoms with E-state index in [9.17, 15) is 19.5 Å². The lowest BCUT2D eigenvalue weighted by Gasteiger charge is -2.23. The zero-order chi connectivity index (χ0) is 32.4. The molecule has 1 atom stereocenters. The van der Waals surface area contributed by atoms with Gasteiger partial charge >= 0.3 is 5.91 Å². The van der Waals surface area contributed by atoms with Gasteiger partial charge in [0.2, 0.25) is 0 Å². The van der Waals surface area contributed by atoms with Crippen LogP contribution in [0.25, 0.3) is 5.76 Å². The number of anilines is 1. The molecule has 230 valence electrons. The predicted molar refractivity (Wildman–Crippen MR) is 177 cm³/mol. The molecule has 1 aromatic heterocycles. The van der Waals surface area contributed by atoms with Gasteiger partial charge in [-0.15, -0.1) is 0 Å². The molecule has 0 spiro atoms. The highest BCUT2D eigenvalue weighted by molar-refractivity contribution is 7.18. The van der Waals surface area contributed by atoms with Crippen LogP contribution >= 0.6 is 11.3 Å². The van der Waals surface area contributed by atoms with Gasteiger partial charge < -0.3 is 14.6 Å². The molecule has 4 aromatic carbocycles. The molecule has 1 saturated heterocycles. The lowest BCUT2D eigenvalue weighted by atomic mass is 9.95. The van der Waals surface area contributed by atoms with Crippen molar-refractivity contribution in [2.75, 3.05) is 4.90 Å². The number of ketones is 2. The number of ether oxygens (including phenoxy) is 2. The number of aliphatic hydroxyl groups is 1. The van der Waals surface area contributed by atoms with Gasteiger partial charge in [0.05, 0.1) is 22.2 Å². The highest BCUT2D eigenvalue weighted by atomic mass is 32.1. The van der Waals surface area contributed by atoms with E-state index in [-0.39, 0.29) is 22.2 Å². The number of carbonyl (C=O) groups excluding carboxylic acids is 3. The predicted octanol–water partition coefficient (Wildman–Crippen LogP) is 7.96. The molecular weight excluding hydrogens is 600 g/mol. The van der Waals surface area contributed by atoms with Gasteiger partial charge in [0.1, 0.15) is 29.6 Å². The van der Waals surface area contributed by atoms with Crippen LogP contribution in [0.4, 0.5) is 5.13 Å². The van der Waals surface area contributed by atoms with Crippen molar-refractivity contribution in [3.8, 4) is 17.2 Å². The standard InChI is InChI=1S/C37H30N2O6S/c1-22-10-7-8-11-27(22)21-44-28-18-16-25(17-19-28)33(41)31-32(26-12-9-15-30(20-26)45-29-13-5-4-6-14-29)39(36(43)34(31)42)37-38-23(2)35(46-37)24(3)40/h4-20,32,41H,21H2,1-3H3. The Morgan fingerprint density at radius 3 is 2.26 bits per heavy atom. The lowest BCUT2D eigenvalue weighted by molar-refractivity contribution is -0.132. The van der Waals surface area contributed by atoms with E-state index in [1.807, 2.05) is 61.5 Å². The maximum atomic E-state index is 13.7. The van der Waals surface area contributed by atoms with Gasteiger partial charge in [0, 0.05) is 12.5 Å². The van der Waals surface area contributed by atoms with Gasteiger partial charge in [-0.3, -0.25) is 19.3 Å². The smallest absolute Gasteiger partial charge is 0.301 e. The van der Waals surface area contributed by atoms with Crippen LogP contribution in [-0.2, 0) is 16.2 Å². The molecular formula is C37H30N2O6S. The molecule has 0 saturated carbocycles. The Hall–Kier alpha value is -5.54.